The molecule has 0 aliphatic carbocycles. The molecule has 0 radical (unpaired) electrons. The number of aliphatic imine (C=N–C) groups is 1. The van der Waals surface area contributed by atoms with Gasteiger partial charge in [0.1, 0.15) is 0 Å². The number of β-amino-alcohol motifs (C(OH)–C–C–N with tert-alkyl or cyclic N) is 1. The van der Waals surface area contributed by atoms with E-state index in [1.807, 2.05) is 0 Å². The largest absolute Gasteiger partial charge is 1.00 e. The van der Waals surface area contributed by atoms with E-state index < -0.39 is 22.0 Å². The maximum atomic E-state index is 9.83. The average molecular weight is 409 g/mol. The van der Waals surface area contributed by atoms with Gasteiger partial charge in [-0.15, -0.1) is 11.6 Å². The second kappa shape index (κ2) is 16.7. The van der Waals surface area contributed by atoms with Gasteiger partial charge in [0.15, 0.2) is 0 Å². The maximum Gasteiger partial charge on any atom is 1.00 e. The van der Waals surface area contributed by atoms with Crippen LogP contribution in [0.15, 0.2) is 4.99 Å². The van der Waals surface area contributed by atoms with Crippen LogP contribution in [0, 0.1) is 0 Å². The minimum Gasteiger partial charge on any atom is -0.748 e. The van der Waals surface area contributed by atoms with Crippen molar-refractivity contribution in [3.05, 3.63) is 0 Å². The van der Waals surface area contributed by atoms with Crippen molar-refractivity contribution in [3.63, 3.8) is 0 Å². The van der Waals surface area contributed by atoms with Crippen LogP contribution in [0.5, 0.6) is 0 Å². The summed E-state index contributed by atoms with van der Waals surface area (Å²) in [6, 6.07) is 0. The van der Waals surface area contributed by atoms with Crippen molar-refractivity contribution < 1.29 is 52.7 Å². The third-order valence-electron chi connectivity index (χ3n) is 3.48. The van der Waals surface area contributed by atoms with Crippen molar-refractivity contribution in [3.8, 4) is 0 Å². The number of aliphatic hydroxyl groups excluding tert-OH is 2. The summed E-state index contributed by atoms with van der Waals surface area (Å²) in [6.07, 6.45) is 6.44. The molecule has 0 spiro atoms. The Labute approximate surface area is 178 Å². The molecule has 0 bridgehead atoms. The summed E-state index contributed by atoms with van der Waals surface area (Å²) >= 11 is 5.00. The quantitative estimate of drug-likeness (QED) is 0.180. The van der Waals surface area contributed by atoms with E-state index >= 15 is 0 Å². The molecule has 2 N–H and O–H groups in total. The fourth-order valence-electron chi connectivity index (χ4n) is 2.29. The second-order valence-electron chi connectivity index (χ2n) is 5.71. The van der Waals surface area contributed by atoms with Gasteiger partial charge in [0.25, 0.3) is 0 Å². The Morgan fingerprint density at radius 2 is 1.96 bits per heavy atom. The van der Waals surface area contributed by atoms with E-state index in [1.165, 1.54) is 37.9 Å². The Morgan fingerprint density at radius 3 is 2.44 bits per heavy atom. The molecule has 0 fully saturated rings. The van der Waals surface area contributed by atoms with Gasteiger partial charge in [-0.25, -0.2) is 8.42 Å². The first-order chi connectivity index (χ1) is 11.3. The summed E-state index contributed by atoms with van der Waals surface area (Å²) in [6.45, 7) is 5.17. The standard InChI is InChI=1S/C12H24N2O.C3H7ClO4S.Na/c1-2-3-4-5-6-7-12-13-8-9-14(12)10-11-15;4-1-3(5)2-9(6,7)8;/h15H,2-11H2,1H3;3,5H,1-2H2,(H,6,7,8);/q;;+1/p-1. The van der Waals surface area contributed by atoms with Crippen molar-refractivity contribution in [1.82, 2.24) is 4.90 Å². The molecule has 0 saturated carbocycles. The van der Waals surface area contributed by atoms with E-state index in [0.29, 0.717) is 0 Å². The Bertz CT molecular complexity index is 451. The van der Waals surface area contributed by atoms with Gasteiger partial charge in [0.05, 0.1) is 41.0 Å². The molecule has 0 aromatic carbocycles. The summed E-state index contributed by atoms with van der Waals surface area (Å²) in [5, 5.41) is 17.4. The number of aliphatic hydroxyl groups is 2. The summed E-state index contributed by atoms with van der Waals surface area (Å²) in [5.74, 6) is 0.179. The van der Waals surface area contributed by atoms with Crippen LogP contribution in [0.4, 0.5) is 0 Å². The zero-order valence-corrected chi connectivity index (χ0v) is 18.9. The number of amidine groups is 1. The fraction of sp³-hybridized carbons (Fsp3) is 0.933. The molecular formula is C15H30ClN2NaO5S. The summed E-state index contributed by atoms with van der Waals surface area (Å²) in [4.78, 5) is 6.71. The molecular weight excluding hydrogens is 379 g/mol. The van der Waals surface area contributed by atoms with Gasteiger partial charge in [-0.2, -0.15) is 0 Å². The monoisotopic (exact) mass is 408 g/mol. The van der Waals surface area contributed by atoms with E-state index in [2.05, 4.69) is 16.8 Å². The van der Waals surface area contributed by atoms with Gasteiger partial charge < -0.3 is 19.7 Å². The molecule has 1 unspecified atom stereocenters. The second-order valence-corrected chi connectivity index (χ2v) is 7.46. The molecule has 1 aliphatic rings. The third kappa shape index (κ3) is 16.5. The van der Waals surface area contributed by atoms with Gasteiger partial charge in [-0.3, -0.25) is 4.99 Å². The topological polar surface area (TPSA) is 113 Å². The third-order valence-corrected chi connectivity index (χ3v) is 4.63. The van der Waals surface area contributed by atoms with Crippen LogP contribution >= 0.6 is 11.6 Å². The van der Waals surface area contributed by atoms with Crippen LogP contribution in [-0.4, -0.2) is 77.9 Å². The Kier molecular flexibility index (Phi) is 18.6. The molecule has 10 heteroatoms. The number of halogens is 1. The van der Waals surface area contributed by atoms with Crippen LogP contribution in [0.2, 0.25) is 0 Å². The number of hydrogen-bond donors (Lipinski definition) is 2. The smallest absolute Gasteiger partial charge is 0.748 e. The van der Waals surface area contributed by atoms with Gasteiger partial charge in [-0.05, 0) is 6.42 Å². The van der Waals surface area contributed by atoms with Crippen molar-refractivity contribution in [2.75, 3.05) is 37.9 Å². The first kappa shape index (κ1) is 27.8. The van der Waals surface area contributed by atoms with E-state index in [9.17, 15) is 13.0 Å². The number of rotatable bonds is 11. The SMILES string of the molecule is CCCCCCCC1=NCCN1CCO.O=S(=O)([O-])CC(O)CCl.[Na+]. The van der Waals surface area contributed by atoms with Crippen LogP contribution in [-0.2, 0) is 10.1 Å². The van der Waals surface area contributed by atoms with Crippen LogP contribution in [0.25, 0.3) is 0 Å². The molecule has 0 amide bonds. The Balaban J connectivity index is 0. The molecule has 1 aliphatic heterocycles. The van der Waals surface area contributed by atoms with E-state index in [4.69, 9.17) is 21.8 Å². The molecule has 0 aromatic heterocycles. The van der Waals surface area contributed by atoms with Crippen molar-refractivity contribution >= 4 is 27.6 Å². The molecule has 1 heterocycles. The number of alkyl halides is 1. The van der Waals surface area contributed by atoms with Crippen LogP contribution in [0.3, 0.4) is 0 Å². The van der Waals surface area contributed by atoms with Crippen molar-refractivity contribution in [2.24, 2.45) is 4.99 Å². The van der Waals surface area contributed by atoms with Crippen molar-refractivity contribution in [2.45, 2.75) is 51.6 Å². The molecule has 0 saturated heterocycles. The number of hydrogen-bond acceptors (Lipinski definition) is 7. The Hall–Kier alpha value is 0.590. The molecule has 1 rings (SSSR count). The first-order valence-electron chi connectivity index (χ1n) is 8.40. The predicted molar refractivity (Wildman–Crippen MR) is 95.6 cm³/mol. The molecule has 144 valence electrons. The zero-order chi connectivity index (χ0) is 18.4. The first-order valence-corrected chi connectivity index (χ1v) is 10.5. The van der Waals surface area contributed by atoms with Gasteiger partial charge in [-0.1, -0.05) is 32.6 Å². The number of nitrogens with zero attached hydrogens (tertiary/aromatic N) is 2. The van der Waals surface area contributed by atoms with E-state index in [0.717, 1.165) is 26.1 Å². The molecule has 1 atom stereocenters. The van der Waals surface area contributed by atoms with E-state index in [-0.39, 0.29) is 42.0 Å². The Morgan fingerprint density at radius 1 is 1.32 bits per heavy atom. The van der Waals surface area contributed by atoms with E-state index in [1.54, 1.807) is 0 Å². The summed E-state index contributed by atoms with van der Waals surface area (Å²) in [5.41, 5.74) is 0. The summed E-state index contributed by atoms with van der Waals surface area (Å²) < 4.78 is 29.5. The van der Waals surface area contributed by atoms with Gasteiger partial charge in [0.2, 0.25) is 0 Å². The average Bonchev–Trinajstić information content (AvgIpc) is 2.94. The fourth-order valence-corrected chi connectivity index (χ4v) is 3.12. The van der Waals surface area contributed by atoms with Gasteiger partial charge in [0, 0.05) is 25.4 Å². The maximum absolute atomic E-state index is 9.83. The zero-order valence-electron chi connectivity index (χ0n) is 15.4. The van der Waals surface area contributed by atoms with Crippen LogP contribution in [0.1, 0.15) is 45.4 Å². The molecule has 0 aromatic rings. The minimum atomic E-state index is -4.32. The van der Waals surface area contributed by atoms with Gasteiger partial charge >= 0.3 is 29.6 Å². The molecule has 25 heavy (non-hydrogen) atoms. The van der Waals surface area contributed by atoms with Crippen LogP contribution < -0.4 is 29.6 Å². The number of unbranched alkanes of at least 4 members (excludes halogenated alkanes) is 4. The van der Waals surface area contributed by atoms with Crippen molar-refractivity contribution in [1.29, 1.82) is 0 Å². The predicted octanol–water partition coefficient (Wildman–Crippen LogP) is -1.81. The minimum absolute atomic E-state index is 0. The normalized spacial score (nSPS) is 15.1. The molecule has 7 nitrogen and oxygen atoms in total. The summed E-state index contributed by atoms with van der Waals surface area (Å²) in [7, 11) is -4.32.